The Morgan fingerprint density at radius 2 is 0.385 bits per heavy atom. The zero-order valence-electron chi connectivity index (χ0n) is 31.5. The van der Waals surface area contributed by atoms with Crippen LogP contribution in [0.25, 0.3) is 0 Å². The van der Waals surface area contributed by atoms with Gasteiger partial charge >= 0.3 is 0 Å². The Bertz CT molecular complexity index is 1890. The van der Waals surface area contributed by atoms with Crippen molar-refractivity contribution in [2.75, 3.05) is 0 Å². The molecule has 0 heterocycles. The van der Waals surface area contributed by atoms with Crippen molar-refractivity contribution in [1.29, 1.82) is 0 Å². The van der Waals surface area contributed by atoms with Gasteiger partial charge in [0.2, 0.25) is 13.4 Å². The van der Waals surface area contributed by atoms with Gasteiger partial charge in [-0.1, -0.05) is 150 Å². The molecular weight excluding hydrogens is 810 g/mol. The van der Waals surface area contributed by atoms with Crippen molar-refractivity contribution >= 4 is 139 Å². The highest BCUT2D eigenvalue weighted by molar-refractivity contribution is 6.98. The monoisotopic (exact) mass is 846 g/mol. The number of rotatable bonds is 6. The van der Waals surface area contributed by atoms with Crippen LogP contribution in [0.1, 0.15) is 66.8 Å². The SMILES string of the molecule is Cc1c(Cl)c(C)c(B(c2ccc(B(c3c(C)c(Cl)c(C)c(Cl)c3C)c3c(C)c(Cl)c(C)c(Cl)c3C)cc2)c2c(C)c(Cl)c(C)c(Cl)c2C)c(C)c1Cl. The summed E-state index contributed by atoms with van der Waals surface area (Å²) in [6, 6.07) is 8.72. The molecule has 5 aromatic carbocycles. The lowest BCUT2D eigenvalue weighted by atomic mass is 9.32. The summed E-state index contributed by atoms with van der Waals surface area (Å²) >= 11 is 56.0. The molecule has 0 unspecified atom stereocenters. The lowest BCUT2D eigenvalue weighted by molar-refractivity contribution is 1.33. The third-order valence-electron chi connectivity index (χ3n) is 11.3. The minimum atomic E-state index is -0.280. The van der Waals surface area contributed by atoms with Crippen LogP contribution in [-0.2, 0) is 0 Å². The fraction of sp³-hybridized carbons (Fsp3) is 0.286. The lowest BCUT2D eigenvalue weighted by Crippen LogP contribution is -2.58. The van der Waals surface area contributed by atoms with Gasteiger partial charge in [0, 0.05) is 40.2 Å². The van der Waals surface area contributed by atoms with Crippen molar-refractivity contribution in [2.45, 2.75) is 83.1 Å². The standard InChI is InChI=1S/C42H40B2Cl8/c1-17-31(18(2)36(46)25(9)35(17)45)43(32-19(3)37(47)26(10)38(48)20(32)4)29-13-15-30(16-14-29)44(33-21(5)39(49)27(11)40(50)22(33)6)34-23(7)41(51)28(12)42(52)24(34)8/h13-16H,1-12H3. The second kappa shape index (κ2) is 15.6. The van der Waals surface area contributed by atoms with Gasteiger partial charge in [-0.3, -0.25) is 0 Å². The smallest absolute Gasteiger partial charge is 0.0837 e. The molecule has 0 fully saturated rings. The summed E-state index contributed by atoms with van der Waals surface area (Å²) in [6.45, 7) is 23.7. The highest BCUT2D eigenvalue weighted by atomic mass is 35.5. The first-order chi connectivity index (χ1) is 24.2. The summed E-state index contributed by atoms with van der Waals surface area (Å²) in [5.74, 6) is 0. The Hall–Kier alpha value is -1.45. The molecule has 270 valence electrons. The van der Waals surface area contributed by atoms with Gasteiger partial charge in [0.1, 0.15) is 0 Å². The molecule has 0 aromatic heterocycles. The molecule has 0 nitrogen and oxygen atoms in total. The predicted molar refractivity (Wildman–Crippen MR) is 238 cm³/mol. The van der Waals surface area contributed by atoms with Gasteiger partial charge in [-0.25, -0.2) is 0 Å². The van der Waals surface area contributed by atoms with Crippen LogP contribution < -0.4 is 32.8 Å². The van der Waals surface area contributed by atoms with Gasteiger partial charge < -0.3 is 0 Å². The predicted octanol–water partition coefficient (Wildman–Crippen LogP) is 11.6. The molecule has 0 aliphatic carbocycles. The fourth-order valence-corrected chi connectivity index (χ4v) is 10.0. The van der Waals surface area contributed by atoms with E-state index in [-0.39, 0.29) is 13.4 Å². The average Bonchev–Trinajstić information content (AvgIpc) is 3.13. The number of benzene rings is 5. The van der Waals surface area contributed by atoms with E-state index in [9.17, 15) is 0 Å². The molecular formula is C42H40B2Cl8. The van der Waals surface area contributed by atoms with Crippen molar-refractivity contribution in [3.63, 3.8) is 0 Å². The van der Waals surface area contributed by atoms with Gasteiger partial charge in [-0.2, -0.15) is 0 Å². The van der Waals surface area contributed by atoms with Crippen molar-refractivity contribution in [3.8, 4) is 0 Å². The zero-order chi connectivity index (χ0) is 39.0. The van der Waals surface area contributed by atoms with E-state index < -0.39 is 0 Å². The number of hydrogen-bond donors (Lipinski definition) is 0. The van der Waals surface area contributed by atoms with Crippen LogP contribution >= 0.6 is 92.8 Å². The van der Waals surface area contributed by atoms with Crippen LogP contribution in [0.2, 0.25) is 40.2 Å². The highest BCUT2D eigenvalue weighted by Gasteiger charge is 2.35. The Morgan fingerprint density at radius 3 is 0.519 bits per heavy atom. The molecule has 5 aromatic rings. The molecule has 0 saturated heterocycles. The highest BCUT2D eigenvalue weighted by Crippen LogP contribution is 2.34. The van der Waals surface area contributed by atoms with E-state index in [1.54, 1.807) is 0 Å². The molecule has 0 aliphatic rings. The van der Waals surface area contributed by atoms with Gasteiger partial charge in [0.05, 0.1) is 0 Å². The van der Waals surface area contributed by atoms with E-state index in [0.717, 1.165) is 99.5 Å². The van der Waals surface area contributed by atoms with E-state index in [1.165, 1.54) is 0 Å². The fourth-order valence-electron chi connectivity index (χ4n) is 8.27. The van der Waals surface area contributed by atoms with Gasteiger partial charge in [-0.05, 0) is 150 Å². The second-order valence-corrected chi connectivity index (χ2v) is 17.2. The van der Waals surface area contributed by atoms with Crippen LogP contribution in [0, 0.1) is 83.1 Å². The molecule has 0 aliphatic heterocycles. The van der Waals surface area contributed by atoms with E-state index in [2.05, 4.69) is 79.7 Å². The van der Waals surface area contributed by atoms with Crippen LogP contribution in [0.3, 0.4) is 0 Å². The molecule has 0 bridgehead atoms. The quantitative estimate of drug-likeness (QED) is 0.149. The Kier molecular flexibility index (Phi) is 12.5. The first kappa shape index (κ1) is 41.7. The van der Waals surface area contributed by atoms with Crippen molar-refractivity contribution < 1.29 is 0 Å². The molecule has 0 atom stereocenters. The summed E-state index contributed by atoms with van der Waals surface area (Å²) in [5.41, 5.74) is 17.3. The summed E-state index contributed by atoms with van der Waals surface area (Å²) in [5, 5.41) is 5.15. The molecule has 5 rings (SSSR count). The van der Waals surface area contributed by atoms with Crippen LogP contribution in [0.5, 0.6) is 0 Å². The Labute approximate surface area is 350 Å². The minimum Gasteiger partial charge on any atom is -0.0837 e. The maximum atomic E-state index is 7.00. The van der Waals surface area contributed by atoms with E-state index in [1.807, 2.05) is 27.7 Å². The molecule has 0 N–H and O–H groups in total. The van der Waals surface area contributed by atoms with Gasteiger partial charge in [0.15, 0.2) is 0 Å². The van der Waals surface area contributed by atoms with Crippen molar-refractivity contribution in [2.24, 2.45) is 0 Å². The minimum absolute atomic E-state index is 0.280. The normalized spacial score (nSPS) is 11.5. The third kappa shape index (κ3) is 6.64. The van der Waals surface area contributed by atoms with Gasteiger partial charge in [0.25, 0.3) is 0 Å². The van der Waals surface area contributed by atoms with Crippen molar-refractivity contribution in [3.05, 3.63) is 131 Å². The summed E-state index contributed by atoms with van der Waals surface area (Å²) in [4.78, 5) is 0. The summed E-state index contributed by atoms with van der Waals surface area (Å²) < 4.78 is 0. The van der Waals surface area contributed by atoms with Crippen LogP contribution in [-0.4, -0.2) is 13.4 Å². The topological polar surface area (TPSA) is 0 Å². The number of halogens is 8. The zero-order valence-corrected chi connectivity index (χ0v) is 37.5. The van der Waals surface area contributed by atoms with Crippen LogP contribution in [0.4, 0.5) is 0 Å². The molecule has 0 radical (unpaired) electrons. The Morgan fingerprint density at radius 1 is 0.250 bits per heavy atom. The van der Waals surface area contributed by atoms with E-state index in [0.29, 0.717) is 40.2 Å². The van der Waals surface area contributed by atoms with Crippen LogP contribution in [0.15, 0.2) is 24.3 Å². The largest absolute Gasteiger partial charge is 0.242 e. The molecule has 0 amide bonds. The third-order valence-corrected chi connectivity index (χ3v) is 15.8. The Balaban J connectivity index is 1.89. The van der Waals surface area contributed by atoms with E-state index >= 15 is 0 Å². The van der Waals surface area contributed by atoms with Gasteiger partial charge in [-0.15, -0.1) is 0 Å². The maximum absolute atomic E-state index is 7.00. The first-order valence-electron chi connectivity index (χ1n) is 17.1. The second-order valence-electron chi connectivity index (χ2n) is 14.2. The molecule has 52 heavy (non-hydrogen) atoms. The first-order valence-corrected chi connectivity index (χ1v) is 20.1. The average molecular weight is 850 g/mol. The maximum Gasteiger partial charge on any atom is 0.242 e. The summed E-state index contributed by atoms with van der Waals surface area (Å²) in [7, 11) is 0. The van der Waals surface area contributed by atoms with Crippen molar-refractivity contribution in [1.82, 2.24) is 0 Å². The number of hydrogen-bond acceptors (Lipinski definition) is 0. The summed E-state index contributed by atoms with van der Waals surface area (Å²) in [6.07, 6.45) is 0. The van der Waals surface area contributed by atoms with E-state index in [4.69, 9.17) is 92.8 Å². The molecule has 0 spiro atoms. The molecule has 10 heteroatoms. The lowest BCUT2D eigenvalue weighted by Gasteiger charge is -2.29. The molecule has 0 saturated carbocycles.